The Labute approximate surface area is 113 Å². The standard InChI is InChI=1S/C13H17BrO2S/c1-9-6-11(7-10(2)12(9)14)16-8-13(4-5-13)17(3)15/h6-7H,4-5,8H2,1-3H3. The van der Waals surface area contributed by atoms with Gasteiger partial charge < -0.3 is 4.74 Å². The van der Waals surface area contributed by atoms with Crippen molar-refractivity contribution >= 4 is 26.7 Å². The van der Waals surface area contributed by atoms with Gasteiger partial charge in [0.2, 0.25) is 0 Å². The third kappa shape index (κ3) is 2.74. The Morgan fingerprint density at radius 3 is 2.29 bits per heavy atom. The SMILES string of the molecule is Cc1cc(OCC2(S(C)=O)CC2)cc(C)c1Br. The number of halogens is 1. The van der Waals surface area contributed by atoms with Crippen molar-refractivity contribution < 1.29 is 8.95 Å². The van der Waals surface area contributed by atoms with Crippen molar-refractivity contribution in [3.8, 4) is 5.75 Å². The Kier molecular flexibility index (Phi) is 3.64. The average molecular weight is 317 g/mol. The van der Waals surface area contributed by atoms with Crippen molar-refractivity contribution in [2.24, 2.45) is 0 Å². The molecule has 1 aliphatic rings. The van der Waals surface area contributed by atoms with Crippen LogP contribution < -0.4 is 4.74 Å². The smallest absolute Gasteiger partial charge is 0.119 e. The van der Waals surface area contributed by atoms with Crippen LogP contribution in [0.4, 0.5) is 0 Å². The predicted molar refractivity (Wildman–Crippen MR) is 75.1 cm³/mol. The molecule has 1 saturated carbocycles. The molecule has 0 radical (unpaired) electrons. The van der Waals surface area contributed by atoms with E-state index in [4.69, 9.17) is 4.74 Å². The fourth-order valence-corrected chi connectivity index (χ4v) is 2.99. The van der Waals surface area contributed by atoms with Crippen LogP contribution in [0.2, 0.25) is 0 Å². The van der Waals surface area contributed by atoms with E-state index in [1.54, 1.807) is 6.26 Å². The fraction of sp³-hybridized carbons (Fsp3) is 0.538. The van der Waals surface area contributed by atoms with E-state index < -0.39 is 10.8 Å². The minimum Gasteiger partial charge on any atom is -0.492 e. The molecule has 0 heterocycles. The molecule has 1 aliphatic carbocycles. The van der Waals surface area contributed by atoms with Crippen LogP contribution in [0.25, 0.3) is 0 Å². The van der Waals surface area contributed by atoms with Gasteiger partial charge in [0, 0.05) is 21.5 Å². The number of hydrogen-bond donors (Lipinski definition) is 0. The number of benzene rings is 1. The lowest BCUT2D eigenvalue weighted by Gasteiger charge is -2.15. The van der Waals surface area contributed by atoms with E-state index in [1.807, 2.05) is 12.1 Å². The summed E-state index contributed by atoms with van der Waals surface area (Å²) in [5.41, 5.74) is 2.34. The highest BCUT2D eigenvalue weighted by Crippen LogP contribution is 2.41. The lowest BCUT2D eigenvalue weighted by Crippen LogP contribution is -2.24. The van der Waals surface area contributed by atoms with Crippen LogP contribution in [0.3, 0.4) is 0 Å². The van der Waals surface area contributed by atoms with Gasteiger partial charge in [0.05, 0.1) is 4.75 Å². The van der Waals surface area contributed by atoms with E-state index in [0.29, 0.717) is 6.61 Å². The lowest BCUT2D eigenvalue weighted by atomic mass is 10.1. The number of hydrogen-bond acceptors (Lipinski definition) is 2. The molecule has 0 saturated heterocycles. The van der Waals surface area contributed by atoms with Crippen molar-refractivity contribution in [2.75, 3.05) is 12.9 Å². The Hall–Kier alpha value is -0.350. The molecule has 1 fully saturated rings. The van der Waals surface area contributed by atoms with Gasteiger partial charge in [-0.25, -0.2) is 0 Å². The number of rotatable bonds is 4. The molecule has 0 aromatic heterocycles. The summed E-state index contributed by atoms with van der Waals surface area (Å²) in [6, 6.07) is 4.04. The highest BCUT2D eigenvalue weighted by atomic mass is 79.9. The van der Waals surface area contributed by atoms with Crippen molar-refractivity contribution in [3.63, 3.8) is 0 Å². The predicted octanol–water partition coefficient (Wildman–Crippen LogP) is 3.36. The zero-order chi connectivity index (χ0) is 12.6. The van der Waals surface area contributed by atoms with E-state index in [9.17, 15) is 4.21 Å². The van der Waals surface area contributed by atoms with Gasteiger partial charge in [-0.15, -0.1) is 0 Å². The van der Waals surface area contributed by atoms with Crippen LogP contribution in [-0.4, -0.2) is 21.8 Å². The third-order valence-corrected chi connectivity index (χ3v) is 6.33. The molecule has 2 nitrogen and oxygen atoms in total. The van der Waals surface area contributed by atoms with Gasteiger partial charge >= 0.3 is 0 Å². The van der Waals surface area contributed by atoms with Crippen molar-refractivity contribution in [1.82, 2.24) is 0 Å². The van der Waals surface area contributed by atoms with Gasteiger partial charge in [0.15, 0.2) is 0 Å². The molecule has 0 N–H and O–H groups in total. The maximum atomic E-state index is 11.6. The fourth-order valence-electron chi connectivity index (χ4n) is 1.86. The maximum absolute atomic E-state index is 11.6. The monoisotopic (exact) mass is 316 g/mol. The summed E-state index contributed by atoms with van der Waals surface area (Å²) >= 11 is 3.54. The van der Waals surface area contributed by atoms with E-state index in [0.717, 1.165) is 23.1 Å². The molecule has 2 rings (SSSR count). The van der Waals surface area contributed by atoms with Crippen LogP contribution in [0.5, 0.6) is 5.75 Å². The first-order valence-electron chi connectivity index (χ1n) is 5.68. The second-order valence-electron chi connectivity index (χ2n) is 4.80. The second-order valence-corrected chi connectivity index (χ2v) is 7.36. The Balaban J connectivity index is 2.08. The minimum absolute atomic E-state index is 0.0745. The highest BCUT2D eigenvalue weighted by Gasteiger charge is 2.47. The average Bonchev–Trinajstić information content (AvgIpc) is 3.04. The summed E-state index contributed by atoms with van der Waals surface area (Å²) in [7, 11) is -0.788. The van der Waals surface area contributed by atoms with E-state index in [2.05, 4.69) is 29.8 Å². The first-order valence-corrected chi connectivity index (χ1v) is 8.03. The van der Waals surface area contributed by atoms with Crippen LogP contribution in [0, 0.1) is 13.8 Å². The van der Waals surface area contributed by atoms with Crippen LogP contribution >= 0.6 is 15.9 Å². The zero-order valence-electron chi connectivity index (χ0n) is 10.4. The Morgan fingerprint density at radius 1 is 1.35 bits per heavy atom. The first-order chi connectivity index (χ1) is 7.94. The van der Waals surface area contributed by atoms with E-state index in [1.165, 1.54) is 11.1 Å². The summed E-state index contributed by atoms with van der Waals surface area (Å²) in [4.78, 5) is 0. The van der Waals surface area contributed by atoms with Gasteiger partial charge in [-0.3, -0.25) is 4.21 Å². The second kappa shape index (κ2) is 4.73. The summed E-state index contributed by atoms with van der Waals surface area (Å²) in [6.45, 7) is 4.67. The summed E-state index contributed by atoms with van der Waals surface area (Å²) in [5.74, 6) is 0.875. The molecule has 1 atom stereocenters. The molecule has 94 valence electrons. The van der Waals surface area contributed by atoms with Gasteiger partial charge in [0.1, 0.15) is 12.4 Å². The summed E-state index contributed by atoms with van der Waals surface area (Å²) in [5, 5.41) is 0. The highest BCUT2D eigenvalue weighted by molar-refractivity contribution is 9.10. The van der Waals surface area contributed by atoms with Gasteiger partial charge in [-0.05, 0) is 49.9 Å². The Morgan fingerprint density at radius 2 is 1.88 bits per heavy atom. The van der Waals surface area contributed by atoms with Gasteiger partial charge in [-0.2, -0.15) is 0 Å². The molecular formula is C13H17BrO2S. The molecular weight excluding hydrogens is 300 g/mol. The van der Waals surface area contributed by atoms with Crippen LogP contribution in [0.1, 0.15) is 24.0 Å². The van der Waals surface area contributed by atoms with Gasteiger partial charge in [0.25, 0.3) is 0 Å². The zero-order valence-corrected chi connectivity index (χ0v) is 12.8. The molecule has 0 spiro atoms. The molecule has 1 aromatic carbocycles. The lowest BCUT2D eigenvalue weighted by molar-refractivity contribution is 0.309. The topological polar surface area (TPSA) is 26.3 Å². The molecule has 4 heteroatoms. The third-order valence-electron chi connectivity index (χ3n) is 3.33. The molecule has 0 amide bonds. The van der Waals surface area contributed by atoms with Crippen molar-refractivity contribution in [2.45, 2.75) is 31.4 Å². The maximum Gasteiger partial charge on any atom is 0.119 e. The molecule has 0 aliphatic heterocycles. The number of aryl methyl sites for hydroxylation is 2. The van der Waals surface area contributed by atoms with Crippen LogP contribution in [-0.2, 0) is 10.8 Å². The first kappa shape index (κ1) is 13.1. The quantitative estimate of drug-likeness (QED) is 0.851. The van der Waals surface area contributed by atoms with Gasteiger partial charge in [-0.1, -0.05) is 15.9 Å². The molecule has 1 unspecified atom stereocenters. The molecule has 17 heavy (non-hydrogen) atoms. The number of ether oxygens (including phenoxy) is 1. The van der Waals surface area contributed by atoms with E-state index >= 15 is 0 Å². The molecule has 1 aromatic rings. The van der Waals surface area contributed by atoms with Crippen molar-refractivity contribution in [3.05, 3.63) is 27.7 Å². The summed E-state index contributed by atoms with van der Waals surface area (Å²) in [6.07, 6.45) is 3.81. The summed E-state index contributed by atoms with van der Waals surface area (Å²) < 4.78 is 18.4. The Bertz CT molecular complexity index is 443. The van der Waals surface area contributed by atoms with E-state index in [-0.39, 0.29) is 4.75 Å². The minimum atomic E-state index is -0.788. The molecule has 0 bridgehead atoms. The normalized spacial score (nSPS) is 18.8. The van der Waals surface area contributed by atoms with Crippen molar-refractivity contribution in [1.29, 1.82) is 0 Å². The van der Waals surface area contributed by atoms with Crippen LogP contribution in [0.15, 0.2) is 16.6 Å². The largest absolute Gasteiger partial charge is 0.492 e.